The number of hydrogen-bond donors (Lipinski definition) is 1. The first-order chi connectivity index (χ1) is 12.0. The summed E-state index contributed by atoms with van der Waals surface area (Å²) in [5.41, 5.74) is 6.45. The van der Waals surface area contributed by atoms with Crippen LogP contribution in [-0.2, 0) is 4.79 Å². The summed E-state index contributed by atoms with van der Waals surface area (Å²) >= 11 is 0. The van der Waals surface area contributed by atoms with E-state index < -0.39 is 6.04 Å². The van der Waals surface area contributed by atoms with Gasteiger partial charge in [-0.2, -0.15) is 0 Å². The number of carbonyl (C=O) groups is 2. The fraction of sp³-hybridized carbons (Fsp3) is 0.556. The van der Waals surface area contributed by atoms with Gasteiger partial charge in [0.1, 0.15) is 0 Å². The van der Waals surface area contributed by atoms with Crippen molar-refractivity contribution in [3.8, 4) is 11.5 Å². The van der Waals surface area contributed by atoms with Crippen molar-refractivity contribution >= 4 is 11.8 Å². The van der Waals surface area contributed by atoms with E-state index in [4.69, 9.17) is 15.2 Å². The molecule has 1 aliphatic rings. The van der Waals surface area contributed by atoms with Gasteiger partial charge in [0.15, 0.2) is 11.5 Å². The number of hydrogen-bond acceptors (Lipinski definition) is 5. The molecular formula is C18H27N3O4. The Bertz CT molecular complexity index is 612. The lowest BCUT2D eigenvalue weighted by atomic mass is 10.1. The summed E-state index contributed by atoms with van der Waals surface area (Å²) < 4.78 is 10.4. The Labute approximate surface area is 148 Å². The van der Waals surface area contributed by atoms with Gasteiger partial charge in [-0.3, -0.25) is 9.59 Å². The van der Waals surface area contributed by atoms with Gasteiger partial charge in [-0.1, -0.05) is 13.3 Å². The van der Waals surface area contributed by atoms with Gasteiger partial charge in [-0.15, -0.1) is 0 Å². The second-order valence-electron chi connectivity index (χ2n) is 6.08. The Balaban J connectivity index is 1.98. The fourth-order valence-corrected chi connectivity index (χ4v) is 2.95. The van der Waals surface area contributed by atoms with Gasteiger partial charge in [0.2, 0.25) is 5.91 Å². The summed E-state index contributed by atoms with van der Waals surface area (Å²) in [6.45, 7) is 4.02. The second kappa shape index (κ2) is 8.71. The summed E-state index contributed by atoms with van der Waals surface area (Å²) in [6.07, 6.45) is 1.56. The van der Waals surface area contributed by atoms with Crippen LogP contribution in [0, 0.1) is 0 Å². The number of rotatable bonds is 6. The zero-order valence-electron chi connectivity index (χ0n) is 15.2. The van der Waals surface area contributed by atoms with Crippen molar-refractivity contribution in [3.05, 3.63) is 23.8 Å². The molecule has 25 heavy (non-hydrogen) atoms. The van der Waals surface area contributed by atoms with Gasteiger partial charge in [0.05, 0.1) is 20.3 Å². The van der Waals surface area contributed by atoms with Crippen LogP contribution < -0.4 is 15.2 Å². The molecule has 1 saturated heterocycles. The highest BCUT2D eigenvalue weighted by Crippen LogP contribution is 2.28. The zero-order valence-corrected chi connectivity index (χ0v) is 15.2. The summed E-state index contributed by atoms with van der Waals surface area (Å²) in [7, 11) is 3.09. The van der Waals surface area contributed by atoms with E-state index in [1.165, 1.54) is 7.11 Å². The van der Waals surface area contributed by atoms with Gasteiger partial charge in [0, 0.05) is 31.7 Å². The molecule has 2 N–H and O–H groups in total. The van der Waals surface area contributed by atoms with Crippen LogP contribution in [0.15, 0.2) is 18.2 Å². The summed E-state index contributed by atoms with van der Waals surface area (Å²) in [4.78, 5) is 28.4. The van der Waals surface area contributed by atoms with E-state index in [0.29, 0.717) is 49.7 Å². The minimum absolute atomic E-state index is 0.0277. The molecule has 0 aromatic heterocycles. The molecule has 2 amide bonds. The topological polar surface area (TPSA) is 85.1 Å². The molecule has 0 bridgehead atoms. The molecule has 1 unspecified atom stereocenters. The lowest BCUT2D eigenvalue weighted by Gasteiger charge is -2.36. The lowest BCUT2D eigenvalue weighted by Crippen LogP contribution is -2.54. The predicted octanol–water partition coefficient (Wildman–Crippen LogP) is 1.12. The summed E-state index contributed by atoms with van der Waals surface area (Å²) in [5, 5.41) is 0. The first kappa shape index (κ1) is 19.1. The maximum atomic E-state index is 12.7. The Kier molecular flexibility index (Phi) is 6.64. The highest BCUT2D eigenvalue weighted by Gasteiger charge is 2.27. The Morgan fingerprint density at radius 1 is 1.08 bits per heavy atom. The van der Waals surface area contributed by atoms with Crippen LogP contribution >= 0.6 is 0 Å². The second-order valence-corrected chi connectivity index (χ2v) is 6.08. The summed E-state index contributed by atoms with van der Waals surface area (Å²) in [6, 6.07) is 4.67. The molecule has 1 aromatic carbocycles. The largest absolute Gasteiger partial charge is 0.493 e. The normalized spacial score (nSPS) is 15.7. The average molecular weight is 349 g/mol. The maximum absolute atomic E-state index is 12.7. The van der Waals surface area contributed by atoms with Crippen molar-refractivity contribution in [1.29, 1.82) is 0 Å². The van der Waals surface area contributed by atoms with Gasteiger partial charge < -0.3 is 25.0 Å². The van der Waals surface area contributed by atoms with Crippen molar-refractivity contribution < 1.29 is 19.1 Å². The third-order valence-electron chi connectivity index (χ3n) is 4.43. The van der Waals surface area contributed by atoms with Crippen molar-refractivity contribution in [2.45, 2.75) is 25.8 Å². The van der Waals surface area contributed by atoms with E-state index in [0.717, 1.165) is 6.42 Å². The van der Waals surface area contributed by atoms with Gasteiger partial charge in [0.25, 0.3) is 5.91 Å². The SMILES string of the molecule is CCCC(N)C(=O)N1CCN(C(=O)c2ccc(OC)c(OC)c2)CC1. The minimum atomic E-state index is -0.446. The van der Waals surface area contributed by atoms with E-state index in [-0.39, 0.29) is 11.8 Å². The molecule has 1 aliphatic heterocycles. The molecular weight excluding hydrogens is 322 g/mol. The highest BCUT2D eigenvalue weighted by molar-refractivity contribution is 5.95. The molecule has 7 heteroatoms. The quantitative estimate of drug-likeness (QED) is 0.832. The van der Waals surface area contributed by atoms with Crippen molar-refractivity contribution in [2.24, 2.45) is 5.73 Å². The first-order valence-electron chi connectivity index (χ1n) is 8.57. The van der Waals surface area contributed by atoms with E-state index in [9.17, 15) is 9.59 Å². The maximum Gasteiger partial charge on any atom is 0.254 e. The van der Waals surface area contributed by atoms with Gasteiger partial charge >= 0.3 is 0 Å². The third-order valence-corrected chi connectivity index (χ3v) is 4.43. The van der Waals surface area contributed by atoms with Crippen molar-refractivity contribution in [1.82, 2.24) is 9.80 Å². The molecule has 0 spiro atoms. The van der Waals surface area contributed by atoms with Crippen molar-refractivity contribution in [3.63, 3.8) is 0 Å². The Morgan fingerprint density at radius 3 is 2.24 bits per heavy atom. The minimum Gasteiger partial charge on any atom is -0.493 e. The summed E-state index contributed by atoms with van der Waals surface area (Å²) in [5.74, 6) is 0.998. The molecule has 1 fully saturated rings. The van der Waals surface area contributed by atoms with Crippen LogP contribution in [-0.4, -0.2) is 68.1 Å². The molecule has 0 saturated carbocycles. The molecule has 0 aliphatic carbocycles. The molecule has 1 heterocycles. The van der Waals surface area contributed by atoms with E-state index in [1.807, 2.05) is 6.92 Å². The number of benzene rings is 1. The van der Waals surface area contributed by atoms with Crippen LogP contribution in [0.1, 0.15) is 30.1 Å². The van der Waals surface area contributed by atoms with E-state index in [2.05, 4.69) is 0 Å². The van der Waals surface area contributed by atoms with Crippen LogP contribution in [0.4, 0.5) is 0 Å². The molecule has 138 valence electrons. The van der Waals surface area contributed by atoms with Crippen LogP contribution in [0.2, 0.25) is 0 Å². The smallest absolute Gasteiger partial charge is 0.254 e. The number of methoxy groups -OCH3 is 2. The van der Waals surface area contributed by atoms with E-state index >= 15 is 0 Å². The average Bonchev–Trinajstić information content (AvgIpc) is 2.66. The number of amides is 2. The molecule has 2 rings (SSSR count). The molecule has 0 radical (unpaired) electrons. The Hall–Kier alpha value is -2.28. The van der Waals surface area contributed by atoms with Crippen LogP contribution in [0.25, 0.3) is 0 Å². The molecule has 1 atom stereocenters. The standard InChI is InChI=1S/C18H27N3O4/c1-4-5-14(19)18(23)21-10-8-20(9-11-21)17(22)13-6-7-15(24-2)16(12-13)25-3/h6-7,12,14H,4-5,8-11,19H2,1-3H3. The van der Waals surface area contributed by atoms with Crippen LogP contribution in [0.5, 0.6) is 11.5 Å². The van der Waals surface area contributed by atoms with Crippen molar-refractivity contribution in [2.75, 3.05) is 40.4 Å². The molecule has 7 nitrogen and oxygen atoms in total. The van der Waals surface area contributed by atoms with Gasteiger partial charge in [-0.05, 0) is 24.6 Å². The zero-order chi connectivity index (χ0) is 18.4. The highest BCUT2D eigenvalue weighted by atomic mass is 16.5. The number of carbonyl (C=O) groups excluding carboxylic acids is 2. The third kappa shape index (κ3) is 4.42. The number of nitrogens with two attached hydrogens (primary N) is 1. The monoisotopic (exact) mass is 349 g/mol. The van der Waals surface area contributed by atoms with Crippen LogP contribution in [0.3, 0.4) is 0 Å². The number of ether oxygens (including phenoxy) is 2. The predicted molar refractivity (Wildman–Crippen MR) is 94.9 cm³/mol. The number of piperazine rings is 1. The van der Waals surface area contributed by atoms with E-state index in [1.54, 1.807) is 35.1 Å². The lowest BCUT2D eigenvalue weighted by molar-refractivity contribution is -0.134. The number of nitrogens with zero attached hydrogens (tertiary/aromatic N) is 2. The van der Waals surface area contributed by atoms with Gasteiger partial charge in [-0.25, -0.2) is 0 Å². The molecule has 1 aromatic rings. The Morgan fingerprint density at radius 2 is 1.68 bits per heavy atom. The fourth-order valence-electron chi connectivity index (χ4n) is 2.95. The first-order valence-corrected chi connectivity index (χ1v) is 8.57.